The van der Waals surface area contributed by atoms with E-state index in [4.69, 9.17) is 9.16 Å². The third-order valence-electron chi connectivity index (χ3n) is 1.93. The molecule has 0 aliphatic rings. The van der Waals surface area contributed by atoms with Crippen molar-refractivity contribution in [2.75, 3.05) is 20.3 Å². The SMILES string of the molecule is CC[Si](OCCCOC)C(C)(C)C. The molecule has 0 bridgehead atoms. The first-order valence-corrected chi connectivity index (χ1v) is 6.62. The first kappa shape index (κ1) is 13.1. The van der Waals surface area contributed by atoms with Crippen LogP contribution < -0.4 is 0 Å². The lowest BCUT2D eigenvalue weighted by Gasteiger charge is -2.27. The summed E-state index contributed by atoms with van der Waals surface area (Å²) in [5, 5.41) is 0.354. The zero-order valence-electron chi connectivity index (χ0n) is 9.64. The van der Waals surface area contributed by atoms with Gasteiger partial charge < -0.3 is 9.16 Å². The minimum Gasteiger partial charge on any atom is -0.416 e. The van der Waals surface area contributed by atoms with Gasteiger partial charge >= 0.3 is 0 Å². The Morgan fingerprint density at radius 3 is 2.15 bits per heavy atom. The molecule has 0 spiro atoms. The number of hydrogen-bond acceptors (Lipinski definition) is 2. The summed E-state index contributed by atoms with van der Waals surface area (Å²) in [6, 6.07) is 1.18. The third-order valence-corrected chi connectivity index (χ3v) is 4.79. The molecule has 0 saturated carbocycles. The Hall–Kier alpha value is 0.137. The first-order valence-electron chi connectivity index (χ1n) is 5.00. The second kappa shape index (κ2) is 6.57. The Morgan fingerprint density at radius 1 is 1.15 bits per heavy atom. The average Bonchev–Trinajstić information content (AvgIpc) is 2.02. The maximum Gasteiger partial charge on any atom is 0.216 e. The molecule has 2 nitrogen and oxygen atoms in total. The van der Waals surface area contributed by atoms with Gasteiger partial charge in [-0.15, -0.1) is 0 Å². The summed E-state index contributed by atoms with van der Waals surface area (Å²) in [4.78, 5) is 0. The van der Waals surface area contributed by atoms with Crippen LogP contribution in [0.15, 0.2) is 0 Å². The van der Waals surface area contributed by atoms with Crippen molar-refractivity contribution in [3.05, 3.63) is 0 Å². The summed E-state index contributed by atoms with van der Waals surface area (Å²) in [7, 11) is 1.10. The molecule has 0 N–H and O–H groups in total. The van der Waals surface area contributed by atoms with Crippen LogP contribution in [0, 0.1) is 0 Å². The van der Waals surface area contributed by atoms with Crippen molar-refractivity contribution in [1.29, 1.82) is 0 Å². The number of ether oxygens (including phenoxy) is 1. The smallest absolute Gasteiger partial charge is 0.216 e. The normalized spacial score (nSPS) is 12.5. The fourth-order valence-corrected chi connectivity index (χ4v) is 3.34. The molecule has 0 aliphatic carbocycles. The molecule has 0 aromatic carbocycles. The van der Waals surface area contributed by atoms with Crippen LogP contribution in [0.25, 0.3) is 0 Å². The van der Waals surface area contributed by atoms with Gasteiger partial charge in [-0.25, -0.2) is 0 Å². The van der Waals surface area contributed by atoms with E-state index in [1.165, 1.54) is 6.04 Å². The lowest BCUT2D eigenvalue weighted by atomic mass is 10.2. The van der Waals surface area contributed by atoms with E-state index in [0.29, 0.717) is 5.04 Å². The van der Waals surface area contributed by atoms with Crippen molar-refractivity contribution >= 4 is 9.04 Å². The number of hydrogen-bond donors (Lipinski definition) is 0. The molecule has 0 rings (SSSR count). The van der Waals surface area contributed by atoms with Gasteiger partial charge in [0.15, 0.2) is 0 Å². The minimum absolute atomic E-state index is 0.354. The summed E-state index contributed by atoms with van der Waals surface area (Å²) < 4.78 is 10.9. The van der Waals surface area contributed by atoms with Crippen LogP contribution in [-0.2, 0) is 9.16 Å². The molecule has 0 amide bonds. The van der Waals surface area contributed by atoms with E-state index in [0.717, 1.165) is 19.6 Å². The summed E-state index contributed by atoms with van der Waals surface area (Å²) in [5.74, 6) is 0. The predicted octanol–water partition coefficient (Wildman–Crippen LogP) is 2.85. The molecule has 0 fully saturated rings. The molecule has 0 saturated heterocycles. The van der Waals surface area contributed by atoms with E-state index >= 15 is 0 Å². The predicted molar refractivity (Wildman–Crippen MR) is 58.4 cm³/mol. The Balaban J connectivity index is 3.61. The maximum atomic E-state index is 5.88. The summed E-state index contributed by atoms with van der Waals surface area (Å²) in [5.41, 5.74) is 0. The second-order valence-electron chi connectivity index (χ2n) is 4.22. The van der Waals surface area contributed by atoms with Gasteiger partial charge in [-0.1, -0.05) is 27.7 Å². The van der Waals surface area contributed by atoms with Crippen molar-refractivity contribution in [1.82, 2.24) is 0 Å². The van der Waals surface area contributed by atoms with Gasteiger partial charge in [-0.2, -0.15) is 0 Å². The highest BCUT2D eigenvalue weighted by molar-refractivity contribution is 6.55. The molecular weight excluding hydrogens is 180 g/mol. The summed E-state index contributed by atoms with van der Waals surface area (Å²) >= 11 is 0. The highest BCUT2D eigenvalue weighted by Gasteiger charge is 2.26. The van der Waals surface area contributed by atoms with Crippen molar-refractivity contribution < 1.29 is 9.16 Å². The van der Waals surface area contributed by atoms with Crippen LogP contribution in [0.4, 0.5) is 0 Å². The van der Waals surface area contributed by atoms with Crippen molar-refractivity contribution in [2.24, 2.45) is 0 Å². The van der Waals surface area contributed by atoms with E-state index in [1.807, 2.05) is 0 Å². The van der Waals surface area contributed by atoms with Gasteiger partial charge in [0.05, 0.1) is 0 Å². The highest BCUT2D eigenvalue weighted by Crippen LogP contribution is 2.29. The molecule has 3 heteroatoms. The zero-order chi connectivity index (χ0) is 10.3. The van der Waals surface area contributed by atoms with Crippen LogP contribution in [-0.4, -0.2) is 29.4 Å². The zero-order valence-corrected chi connectivity index (χ0v) is 10.6. The second-order valence-corrected chi connectivity index (χ2v) is 7.56. The molecule has 0 aliphatic heterocycles. The van der Waals surface area contributed by atoms with Crippen LogP contribution in [0.5, 0.6) is 0 Å². The van der Waals surface area contributed by atoms with Gasteiger partial charge in [0.2, 0.25) is 9.04 Å². The molecule has 79 valence electrons. The van der Waals surface area contributed by atoms with Gasteiger partial charge in [0.1, 0.15) is 0 Å². The molecule has 0 aromatic rings. The van der Waals surface area contributed by atoms with Gasteiger partial charge in [0.25, 0.3) is 0 Å². The fraction of sp³-hybridized carbons (Fsp3) is 1.00. The molecule has 0 atom stereocenters. The lowest BCUT2D eigenvalue weighted by molar-refractivity contribution is 0.170. The molecule has 0 unspecified atom stereocenters. The van der Waals surface area contributed by atoms with Gasteiger partial charge in [-0.3, -0.25) is 0 Å². The third kappa shape index (κ3) is 6.24. The van der Waals surface area contributed by atoms with Crippen LogP contribution in [0.1, 0.15) is 34.1 Å². The van der Waals surface area contributed by atoms with E-state index in [-0.39, 0.29) is 0 Å². The Labute approximate surface area is 84.4 Å². The van der Waals surface area contributed by atoms with Crippen molar-refractivity contribution in [2.45, 2.75) is 45.2 Å². The van der Waals surface area contributed by atoms with E-state index < -0.39 is 9.04 Å². The van der Waals surface area contributed by atoms with Gasteiger partial charge in [-0.05, 0) is 17.5 Å². The minimum atomic E-state index is -0.636. The Morgan fingerprint density at radius 2 is 1.77 bits per heavy atom. The van der Waals surface area contributed by atoms with Crippen molar-refractivity contribution in [3.63, 3.8) is 0 Å². The number of methoxy groups -OCH3 is 1. The molecular formula is C10H23O2Si. The quantitative estimate of drug-likeness (QED) is 0.488. The fourth-order valence-electron chi connectivity index (χ4n) is 1.25. The monoisotopic (exact) mass is 203 g/mol. The van der Waals surface area contributed by atoms with Crippen LogP contribution >= 0.6 is 0 Å². The highest BCUT2D eigenvalue weighted by atomic mass is 28.3. The van der Waals surface area contributed by atoms with Crippen LogP contribution in [0.2, 0.25) is 11.1 Å². The van der Waals surface area contributed by atoms with Gasteiger partial charge in [0, 0.05) is 20.3 Å². The summed E-state index contributed by atoms with van der Waals surface area (Å²) in [6.45, 7) is 10.7. The Kier molecular flexibility index (Phi) is 6.64. The maximum absolute atomic E-state index is 5.88. The molecule has 13 heavy (non-hydrogen) atoms. The topological polar surface area (TPSA) is 18.5 Å². The molecule has 0 aromatic heterocycles. The first-order chi connectivity index (χ1) is 6.02. The van der Waals surface area contributed by atoms with Crippen LogP contribution in [0.3, 0.4) is 0 Å². The lowest BCUT2D eigenvalue weighted by Crippen LogP contribution is -2.29. The van der Waals surface area contributed by atoms with Crippen molar-refractivity contribution in [3.8, 4) is 0 Å². The Bertz CT molecular complexity index is 121. The van der Waals surface area contributed by atoms with E-state index in [1.54, 1.807) is 7.11 Å². The standard InChI is InChI=1S/C10H23O2Si/c1-6-13(10(2,3)4)12-9-7-8-11-5/h6-9H2,1-5H3. The largest absolute Gasteiger partial charge is 0.416 e. The summed E-state index contributed by atoms with van der Waals surface area (Å²) in [6.07, 6.45) is 1.01. The van der Waals surface area contributed by atoms with E-state index in [2.05, 4.69) is 27.7 Å². The molecule has 0 heterocycles. The van der Waals surface area contributed by atoms with E-state index in [9.17, 15) is 0 Å². The average molecular weight is 203 g/mol. The molecule has 1 radical (unpaired) electrons. The number of rotatable bonds is 6.